The molecule has 1 atom stereocenters. The lowest BCUT2D eigenvalue weighted by Crippen LogP contribution is -2.31. The number of hydrogen-bond acceptors (Lipinski definition) is 6. The number of nitrogens with one attached hydrogen (secondary N) is 1. The predicted molar refractivity (Wildman–Crippen MR) is 118 cm³/mol. The minimum Gasteiger partial charge on any atom is -0.326 e. The van der Waals surface area contributed by atoms with Crippen LogP contribution in [-0.2, 0) is 27.2 Å². The van der Waals surface area contributed by atoms with Gasteiger partial charge in [-0.2, -0.15) is 5.26 Å². The Bertz CT molecular complexity index is 1090. The highest BCUT2D eigenvalue weighted by Crippen LogP contribution is 2.36. The van der Waals surface area contributed by atoms with Crippen LogP contribution in [0.15, 0.2) is 35.4 Å². The third kappa shape index (κ3) is 4.47. The molecule has 0 bridgehead atoms. The number of pyridine rings is 1. The van der Waals surface area contributed by atoms with Crippen molar-refractivity contribution in [1.29, 1.82) is 5.26 Å². The number of thioether (sulfide) groups is 1. The lowest BCUT2D eigenvalue weighted by Gasteiger charge is -2.16. The van der Waals surface area contributed by atoms with Gasteiger partial charge in [-0.15, -0.1) is 0 Å². The number of carbonyl (C=O) groups is 3. The summed E-state index contributed by atoms with van der Waals surface area (Å²) in [7, 11) is 0. The Morgan fingerprint density at radius 3 is 2.65 bits per heavy atom. The summed E-state index contributed by atoms with van der Waals surface area (Å²) in [5.74, 6) is -0.801. The number of hydrogen-bond donors (Lipinski definition) is 1. The first-order chi connectivity index (χ1) is 15.0. The van der Waals surface area contributed by atoms with Gasteiger partial charge in [-0.25, -0.2) is 9.88 Å². The molecule has 7 nitrogen and oxygen atoms in total. The first kappa shape index (κ1) is 21.1. The lowest BCUT2D eigenvalue weighted by molar-refractivity contribution is -0.121. The maximum Gasteiger partial charge on any atom is 0.247 e. The molecule has 0 spiro atoms. The van der Waals surface area contributed by atoms with Crippen LogP contribution < -0.4 is 10.2 Å². The van der Waals surface area contributed by atoms with Gasteiger partial charge in [0.1, 0.15) is 11.1 Å². The summed E-state index contributed by atoms with van der Waals surface area (Å²) in [5.41, 5.74) is 3.63. The van der Waals surface area contributed by atoms with Crippen LogP contribution in [-0.4, -0.2) is 28.0 Å². The summed E-state index contributed by atoms with van der Waals surface area (Å²) in [6.45, 7) is 1.41. The van der Waals surface area contributed by atoms with Gasteiger partial charge < -0.3 is 5.32 Å². The van der Waals surface area contributed by atoms with Crippen molar-refractivity contribution >= 4 is 40.9 Å². The van der Waals surface area contributed by atoms with Crippen LogP contribution in [0.5, 0.6) is 0 Å². The summed E-state index contributed by atoms with van der Waals surface area (Å²) in [5, 5.41) is 12.2. The van der Waals surface area contributed by atoms with E-state index in [1.165, 1.54) is 23.6 Å². The van der Waals surface area contributed by atoms with Gasteiger partial charge in [0.15, 0.2) is 0 Å². The van der Waals surface area contributed by atoms with E-state index >= 15 is 0 Å². The number of aryl methyl sites for hydroxylation is 2. The Morgan fingerprint density at radius 1 is 1.19 bits per heavy atom. The van der Waals surface area contributed by atoms with E-state index in [0.29, 0.717) is 22.0 Å². The van der Waals surface area contributed by atoms with Crippen molar-refractivity contribution in [3.8, 4) is 6.07 Å². The largest absolute Gasteiger partial charge is 0.326 e. The molecule has 1 unspecified atom stereocenters. The molecule has 4 rings (SSSR count). The zero-order chi connectivity index (χ0) is 22.0. The second-order valence-corrected chi connectivity index (χ2v) is 8.92. The molecule has 2 aromatic rings. The van der Waals surface area contributed by atoms with Crippen LogP contribution >= 0.6 is 11.8 Å². The zero-order valence-electron chi connectivity index (χ0n) is 17.2. The lowest BCUT2D eigenvalue weighted by atomic mass is 10.1. The van der Waals surface area contributed by atoms with Crippen molar-refractivity contribution in [2.45, 2.75) is 55.7 Å². The highest BCUT2D eigenvalue weighted by Gasteiger charge is 2.40. The van der Waals surface area contributed by atoms with E-state index in [1.807, 2.05) is 6.07 Å². The van der Waals surface area contributed by atoms with Crippen LogP contribution in [0, 0.1) is 11.3 Å². The summed E-state index contributed by atoms with van der Waals surface area (Å²) >= 11 is 1.20. The third-order valence-corrected chi connectivity index (χ3v) is 6.63. The number of nitriles is 1. The van der Waals surface area contributed by atoms with Crippen molar-refractivity contribution in [1.82, 2.24) is 4.98 Å². The van der Waals surface area contributed by atoms with Crippen LogP contribution in [0.4, 0.5) is 11.4 Å². The van der Waals surface area contributed by atoms with E-state index in [4.69, 9.17) is 4.98 Å². The van der Waals surface area contributed by atoms with Crippen molar-refractivity contribution in [3.63, 3.8) is 0 Å². The number of anilines is 2. The van der Waals surface area contributed by atoms with E-state index in [9.17, 15) is 19.6 Å². The first-order valence-corrected chi connectivity index (χ1v) is 11.2. The Hall–Kier alpha value is -3.18. The van der Waals surface area contributed by atoms with Gasteiger partial charge in [-0.05, 0) is 61.6 Å². The van der Waals surface area contributed by atoms with Crippen molar-refractivity contribution in [2.24, 2.45) is 0 Å². The molecule has 0 radical (unpaired) electrons. The molecule has 1 aromatic carbocycles. The van der Waals surface area contributed by atoms with Crippen molar-refractivity contribution in [3.05, 3.63) is 47.2 Å². The SMILES string of the molecule is CC(=O)Nc1ccc(N2C(=O)CC(Sc3nc4c(cc3C#N)CCCCC4)C2=O)cc1. The minimum atomic E-state index is -0.619. The smallest absolute Gasteiger partial charge is 0.247 e. The molecule has 1 aliphatic carbocycles. The minimum absolute atomic E-state index is 0.0561. The van der Waals surface area contributed by atoms with E-state index in [-0.39, 0.29) is 24.1 Å². The number of aromatic nitrogens is 1. The van der Waals surface area contributed by atoms with Crippen LogP contribution in [0.3, 0.4) is 0 Å². The Balaban J connectivity index is 1.55. The number of imide groups is 1. The van der Waals surface area contributed by atoms with Crippen molar-refractivity contribution in [2.75, 3.05) is 10.2 Å². The molecule has 3 amide bonds. The van der Waals surface area contributed by atoms with Gasteiger partial charge in [0.05, 0.1) is 16.5 Å². The number of nitrogens with zero attached hydrogens (tertiary/aromatic N) is 3. The number of benzene rings is 1. The fourth-order valence-electron chi connectivity index (χ4n) is 3.96. The second-order valence-electron chi connectivity index (χ2n) is 7.73. The Kier molecular flexibility index (Phi) is 6.05. The van der Waals surface area contributed by atoms with Gasteiger partial charge in [0, 0.05) is 24.7 Å². The van der Waals surface area contributed by atoms with E-state index in [2.05, 4.69) is 11.4 Å². The normalized spacial score (nSPS) is 18.3. The van der Waals surface area contributed by atoms with E-state index in [1.54, 1.807) is 24.3 Å². The van der Waals surface area contributed by atoms with Crippen LogP contribution in [0.2, 0.25) is 0 Å². The van der Waals surface area contributed by atoms with Gasteiger partial charge in [0.2, 0.25) is 17.7 Å². The van der Waals surface area contributed by atoms with Gasteiger partial charge in [0.25, 0.3) is 0 Å². The average molecular weight is 435 g/mol. The molecule has 1 aromatic heterocycles. The summed E-state index contributed by atoms with van der Waals surface area (Å²) in [4.78, 5) is 42.7. The van der Waals surface area contributed by atoms with Crippen LogP contribution in [0.1, 0.15) is 49.4 Å². The molecule has 0 saturated carbocycles. The third-order valence-electron chi connectivity index (χ3n) is 5.44. The van der Waals surface area contributed by atoms with Crippen molar-refractivity contribution < 1.29 is 14.4 Å². The fraction of sp³-hybridized carbons (Fsp3) is 0.348. The Morgan fingerprint density at radius 2 is 1.94 bits per heavy atom. The molecule has 158 valence electrons. The molecule has 1 aliphatic heterocycles. The standard InChI is InChI=1S/C23H22N4O3S/c1-14(28)25-17-7-9-18(10-8-17)27-21(29)12-20(23(27)30)31-22-16(13-24)11-15-5-3-2-4-6-19(15)26-22/h7-11,20H,2-6,12H2,1H3,(H,25,28). The van der Waals surface area contributed by atoms with E-state index < -0.39 is 5.25 Å². The molecular formula is C23H22N4O3S. The summed E-state index contributed by atoms with van der Waals surface area (Å²) in [6, 6.07) is 10.7. The summed E-state index contributed by atoms with van der Waals surface area (Å²) in [6.07, 6.45) is 5.16. The van der Waals surface area contributed by atoms with Crippen LogP contribution in [0.25, 0.3) is 0 Å². The first-order valence-electron chi connectivity index (χ1n) is 10.3. The second kappa shape index (κ2) is 8.90. The fourth-order valence-corrected chi connectivity index (χ4v) is 5.06. The highest BCUT2D eigenvalue weighted by molar-refractivity contribution is 8.00. The molecule has 31 heavy (non-hydrogen) atoms. The number of carbonyl (C=O) groups excluding carboxylic acids is 3. The number of rotatable bonds is 4. The molecule has 8 heteroatoms. The number of amides is 3. The van der Waals surface area contributed by atoms with Gasteiger partial charge >= 0.3 is 0 Å². The van der Waals surface area contributed by atoms with E-state index in [0.717, 1.165) is 43.4 Å². The number of fused-ring (bicyclic) bond motifs is 1. The maximum absolute atomic E-state index is 13.0. The molecule has 1 saturated heterocycles. The van der Waals surface area contributed by atoms with Gasteiger partial charge in [-0.1, -0.05) is 18.2 Å². The zero-order valence-corrected chi connectivity index (χ0v) is 18.0. The topological polar surface area (TPSA) is 103 Å². The monoisotopic (exact) mass is 434 g/mol. The quantitative estimate of drug-likeness (QED) is 0.582. The highest BCUT2D eigenvalue weighted by atomic mass is 32.2. The molecule has 1 N–H and O–H groups in total. The molecule has 2 heterocycles. The summed E-state index contributed by atoms with van der Waals surface area (Å²) < 4.78 is 0. The molecule has 1 fully saturated rings. The average Bonchev–Trinajstić information content (AvgIpc) is 2.90. The molecular weight excluding hydrogens is 412 g/mol. The van der Waals surface area contributed by atoms with Gasteiger partial charge in [-0.3, -0.25) is 14.4 Å². The predicted octanol–water partition coefficient (Wildman–Crippen LogP) is 3.60. The molecule has 2 aliphatic rings. The maximum atomic E-state index is 13.0. The Labute approximate surface area is 184 Å².